The molecule has 5 heteroatoms. The molecule has 0 atom stereocenters. The zero-order valence-corrected chi connectivity index (χ0v) is 12.2. The molecule has 0 aliphatic rings. The zero-order valence-electron chi connectivity index (χ0n) is 11.4. The van der Waals surface area contributed by atoms with E-state index in [0.717, 1.165) is 11.3 Å². The number of halogens is 1. The standard InChI is InChI=1S/C15H16ClN3O/c1-3-19(11-6-4-5-10(2)9-11)15(20)14-12(16)7-8-13(17)18-14/h4-9H,3H2,1-2H3,(H2,17,18). The molecule has 20 heavy (non-hydrogen) atoms. The van der Waals surface area contributed by atoms with Crippen molar-refractivity contribution in [1.82, 2.24) is 4.98 Å². The summed E-state index contributed by atoms with van der Waals surface area (Å²) in [6.07, 6.45) is 0. The van der Waals surface area contributed by atoms with E-state index in [1.165, 1.54) is 0 Å². The number of amides is 1. The molecule has 4 nitrogen and oxygen atoms in total. The predicted molar refractivity (Wildman–Crippen MR) is 82.2 cm³/mol. The number of aromatic nitrogens is 1. The third-order valence-electron chi connectivity index (χ3n) is 2.94. The number of pyridine rings is 1. The summed E-state index contributed by atoms with van der Waals surface area (Å²) >= 11 is 6.05. The Hall–Kier alpha value is -2.07. The van der Waals surface area contributed by atoms with Crippen molar-refractivity contribution in [3.8, 4) is 0 Å². The number of hydrogen-bond acceptors (Lipinski definition) is 3. The molecule has 0 bridgehead atoms. The highest BCUT2D eigenvalue weighted by atomic mass is 35.5. The number of aryl methyl sites for hydroxylation is 1. The molecular weight excluding hydrogens is 274 g/mol. The van der Waals surface area contributed by atoms with Gasteiger partial charge in [-0.3, -0.25) is 4.79 Å². The summed E-state index contributed by atoms with van der Waals surface area (Å²) in [7, 11) is 0. The van der Waals surface area contributed by atoms with E-state index in [1.54, 1.807) is 17.0 Å². The van der Waals surface area contributed by atoms with Gasteiger partial charge < -0.3 is 10.6 Å². The second-order valence-electron chi connectivity index (χ2n) is 4.45. The smallest absolute Gasteiger partial charge is 0.278 e. The molecule has 1 heterocycles. The molecule has 2 aromatic rings. The Morgan fingerprint density at radius 1 is 1.35 bits per heavy atom. The van der Waals surface area contributed by atoms with Crippen LogP contribution in [0.1, 0.15) is 23.0 Å². The molecule has 0 saturated carbocycles. The van der Waals surface area contributed by atoms with Gasteiger partial charge in [-0.2, -0.15) is 0 Å². The second kappa shape index (κ2) is 5.92. The monoisotopic (exact) mass is 289 g/mol. The van der Waals surface area contributed by atoms with Crippen molar-refractivity contribution in [2.75, 3.05) is 17.2 Å². The van der Waals surface area contributed by atoms with Gasteiger partial charge in [0, 0.05) is 12.2 Å². The van der Waals surface area contributed by atoms with Crippen LogP contribution in [0.2, 0.25) is 5.02 Å². The van der Waals surface area contributed by atoms with Crippen LogP contribution in [0.3, 0.4) is 0 Å². The van der Waals surface area contributed by atoms with Crippen LogP contribution in [0.4, 0.5) is 11.5 Å². The second-order valence-corrected chi connectivity index (χ2v) is 4.86. The van der Waals surface area contributed by atoms with Gasteiger partial charge in [-0.05, 0) is 43.7 Å². The molecule has 1 aromatic heterocycles. The largest absolute Gasteiger partial charge is 0.384 e. The third-order valence-corrected chi connectivity index (χ3v) is 3.25. The average Bonchev–Trinajstić information content (AvgIpc) is 2.42. The lowest BCUT2D eigenvalue weighted by molar-refractivity contribution is 0.0984. The molecular formula is C15H16ClN3O. The predicted octanol–water partition coefficient (Wildman–Crippen LogP) is 3.29. The molecule has 104 valence electrons. The number of hydrogen-bond donors (Lipinski definition) is 1. The summed E-state index contributed by atoms with van der Waals surface area (Å²) in [6.45, 7) is 4.41. The lowest BCUT2D eigenvalue weighted by Gasteiger charge is -2.21. The van der Waals surface area contributed by atoms with Crippen molar-refractivity contribution in [1.29, 1.82) is 0 Å². The first kappa shape index (κ1) is 14.3. The van der Waals surface area contributed by atoms with Crippen molar-refractivity contribution in [2.24, 2.45) is 0 Å². The zero-order chi connectivity index (χ0) is 14.7. The number of rotatable bonds is 3. The van der Waals surface area contributed by atoms with E-state index in [0.29, 0.717) is 11.6 Å². The molecule has 1 amide bonds. The number of nitrogen functional groups attached to an aromatic ring is 1. The highest BCUT2D eigenvalue weighted by Crippen LogP contribution is 2.22. The lowest BCUT2D eigenvalue weighted by atomic mass is 10.2. The van der Waals surface area contributed by atoms with E-state index < -0.39 is 0 Å². The molecule has 0 unspecified atom stereocenters. The van der Waals surface area contributed by atoms with Crippen molar-refractivity contribution in [3.63, 3.8) is 0 Å². The topological polar surface area (TPSA) is 59.2 Å². The number of carbonyl (C=O) groups is 1. The number of nitrogens with two attached hydrogens (primary N) is 1. The molecule has 2 N–H and O–H groups in total. The number of carbonyl (C=O) groups excluding carboxylic acids is 1. The fourth-order valence-corrected chi connectivity index (χ4v) is 2.16. The molecule has 0 aliphatic heterocycles. The number of nitrogens with zero attached hydrogens (tertiary/aromatic N) is 2. The van der Waals surface area contributed by atoms with Gasteiger partial charge in [0.1, 0.15) is 11.5 Å². The van der Waals surface area contributed by atoms with Gasteiger partial charge in [-0.15, -0.1) is 0 Å². The summed E-state index contributed by atoms with van der Waals surface area (Å²) in [5, 5.41) is 0.301. The number of benzene rings is 1. The van der Waals surface area contributed by atoms with E-state index in [-0.39, 0.29) is 17.4 Å². The van der Waals surface area contributed by atoms with Gasteiger partial charge in [0.05, 0.1) is 5.02 Å². The molecule has 0 radical (unpaired) electrons. The van der Waals surface area contributed by atoms with E-state index in [1.807, 2.05) is 38.1 Å². The normalized spacial score (nSPS) is 10.3. The van der Waals surface area contributed by atoms with Gasteiger partial charge in [-0.1, -0.05) is 23.7 Å². The third kappa shape index (κ3) is 2.91. The van der Waals surface area contributed by atoms with E-state index in [4.69, 9.17) is 17.3 Å². The summed E-state index contributed by atoms with van der Waals surface area (Å²) in [4.78, 5) is 18.3. The summed E-state index contributed by atoms with van der Waals surface area (Å²) in [6, 6.07) is 10.9. The first-order valence-electron chi connectivity index (χ1n) is 6.33. The maximum absolute atomic E-state index is 12.6. The fourth-order valence-electron chi connectivity index (χ4n) is 1.97. The van der Waals surface area contributed by atoms with Crippen LogP contribution in [-0.4, -0.2) is 17.4 Å². The maximum Gasteiger partial charge on any atom is 0.278 e. The van der Waals surface area contributed by atoms with Crippen LogP contribution in [-0.2, 0) is 0 Å². The Morgan fingerprint density at radius 2 is 2.10 bits per heavy atom. The maximum atomic E-state index is 12.6. The van der Waals surface area contributed by atoms with Crippen LogP contribution in [0.15, 0.2) is 36.4 Å². The van der Waals surface area contributed by atoms with Crippen molar-refractivity contribution < 1.29 is 4.79 Å². The van der Waals surface area contributed by atoms with Gasteiger partial charge in [0.15, 0.2) is 0 Å². The Balaban J connectivity index is 2.41. The molecule has 0 aliphatic carbocycles. The van der Waals surface area contributed by atoms with Crippen molar-refractivity contribution in [3.05, 3.63) is 52.7 Å². The van der Waals surface area contributed by atoms with Crippen molar-refractivity contribution in [2.45, 2.75) is 13.8 Å². The first-order valence-corrected chi connectivity index (χ1v) is 6.71. The highest BCUT2D eigenvalue weighted by molar-refractivity contribution is 6.34. The fraction of sp³-hybridized carbons (Fsp3) is 0.200. The van der Waals surface area contributed by atoms with E-state index in [9.17, 15) is 4.79 Å². The summed E-state index contributed by atoms with van der Waals surface area (Å²) < 4.78 is 0. The van der Waals surface area contributed by atoms with Crippen molar-refractivity contribution >= 4 is 29.0 Å². The lowest BCUT2D eigenvalue weighted by Crippen LogP contribution is -2.31. The summed E-state index contributed by atoms with van der Waals surface area (Å²) in [5.74, 6) is 0.0217. The van der Waals surface area contributed by atoms with Crippen LogP contribution in [0.5, 0.6) is 0 Å². The SMILES string of the molecule is CCN(C(=O)c1nc(N)ccc1Cl)c1cccc(C)c1. The average molecular weight is 290 g/mol. The Labute approximate surface area is 123 Å². The van der Waals surface area contributed by atoms with Gasteiger partial charge >= 0.3 is 0 Å². The first-order chi connectivity index (χ1) is 9.52. The minimum absolute atomic E-state index is 0.176. The quantitative estimate of drug-likeness (QED) is 0.943. The Kier molecular flexibility index (Phi) is 4.25. The van der Waals surface area contributed by atoms with Gasteiger partial charge in [0.2, 0.25) is 0 Å². The van der Waals surface area contributed by atoms with Crippen LogP contribution >= 0.6 is 11.6 Å². The van der Waals surface area contributed by atoms with Crippen LogP contribution < -0.4 is 10.6 Å². The highest BCUT2D eigenvalue weighted by Gasteiger charge is 2.20. The van der Waals surface area contributed by atoms with E-state index in [2.05, 4.69) is 4.98 Å². The number of anilines is 2. The Bertz CT molecular complexity index is 643. The molecule has 2 rings (SSSR count). The van der Waals surface area contributed by atoms with Gasteiger partial charge in [0.25, 0.3) is 5.91 Å². The van der Waals surface area contributed by atoms with E-state index >= 15 is 0 Å². The Morgan fingerprint density at radius 3 is 2.75 bits per heavy atom. The minimum Gasteiger partial charge on any atom is -0.384 e. The summed E-state index contributed by atoms with van der Waals surface area (Å²) in [5.41, 5.74) is 7.71. The molecule has 0 saturated heterocycles. The van der Waals surface area contributed by atoms with Crippen LogP contribution in [0.25, 0.3) is 0 Å². The van der Waals surface area contributed by atoms with Crippen LogP contribution in [0, 0.1) is 6.92 Å². The molecule has 1 aromatic carbocycles. The minimum atomic E-state index is -0.254. The molecule has 0 fully saturated rings. The van der Waals surface area contributed by atoms with Gasteiger partial charge in [-0.25, -0.2) is 4.98 Å². The molecule has 0 spiro atoms.